The maximum Gasteiger partial charge on any atom is 0.238 e. The molecule has 1 saturated carbocycles. The molecule has 9 nitrogen and oxygen atoms in total. The Morgan fingerprint density at radius 2 is 1.92 bits per heavy atom. The van der Waals surface area contributed by atoms with Crippen molar-refractivity contribution in [2.24, 2.45) is 5.92 Å². The Morgan fingerprint density at radius 1 is 1.10 bits per heavy atom. The number of fused-ring (bicyclic) bond motifs is 3. The monoisotopic (exact) mass is 529 g/mol. The van der Waals surface area contributed by atoms with Gasteiger partial charge in [0.15, 0.2) is 0 Å². The number of halogens is 1. The van der Waals surface area contributed by atoms with E-state index < -0.39 is 5.54 Å². The summed E-state index contributed by atoms with van der Waals surface area (Å²) in [5.74, 6) is 2.08. The molecule has 1 aliphatic carbocycles. The number of anilines is 1. The van der Waals surface area contributed by atoms with Crippen molar-refractivity contribution in [1.82, 2.24) is 30.5 Å². The van der Waals surface area contributed by atoms with Crippen LogP contribution < -0.4 is 10.2 Å². The van der Waals surface area contributed by atoms with Crippen LogP contribution in [0.25, 0.3) is 11.4 Å². The second kappa shape index (κ2) is 8.96. The Balaban J connectivity index is 1.35. The maximum atomic E-state index is 13.9. The summed E-state index contributed by atoms with van der Waals surface area (Å²) in [6.07, 6.45) is 4.61. The molecule has 10 heteroatoms. The van der Waals surface area contributed by atoms with E-state index in [4.69, 9.17) is 14.1 Å². The molecule has 1 saturated heterocycles. The standard InChI is InChI=1S/C29H32FN7O2/c1-15-21(30)9-10-22(32-15)24-14-31-27(33-24)23-13-20-19-7-5-6-8-25(19)37(3)26(20)29(34-23,17-11-18(12-17)38-4)28-36-35-16(2)39-28/h5-10,14,17-18,20,23,26,34H,11-13H2,1-4H3,(H,31,33)/t17?,18?,20?,23-,26?,29?/m1/s1. The highest BCUT2D eigenvalue weighted by Crippen LogP contribution is 2.59. The predicted octanol–water partition coefficient (Wildman–Crippen LogP) is 4.57. The molecule has 3 aliphatic rings. The van der Waals surface area contributed by atoms with Gasteiger partial charge in [-0.2, -0.15) is 0 Å². The number of methoxy groups -OCH3 is 1. The highest BCUT2D eigenvalue weighted by Gasteiger charge is 2.64. The highest BCUT2D eigenvalue weighted by atomic mass is 19.1. The molecule has 1 aromatic carbocycles. The first-order valence-electron chi connectivity index (χ1n) is 13.5. The number of para-hydroxylation sites is 1. The van der Waals surface area contributed by atoms with Crippen LogP contribution in [0.15, 0.2) is 47.0 Å². The quantitative estimate of drug-likeness (QED) is 0.388. The van der Waals surface area contributed by atoms with Gasteiger partial charge in [0.2, 0.25) is 11.8 Å². The van der Waals surface area contributed by atoms with Crippen molar-refractivity contribution in [3.05, 3.63) is 77.3 Å². The third-order valence-corrected chi connectivity index (χ3v) is 9.06. The molecular formula is C29H32FN7O2. The average Bonchev–Trinajstić information content (AvgIpc) is 3.64. The topological polar surface area (TPSA) is 105 Å². The van der Waals surface area contributed by atoms with Crippen molar-refractivity contribution in [2.45, 2.75) is 62.8 Å². The third-order valence-electron chi connectivity index (χ3n) is 9.06. The minimum Gasteiger partial charge on any atom is -0.423 e. The number of H-pyrrole nitrogens is 1. The number of likely N-dealkylation sites (N-methyl/N-ethyl adjacent to an activating group) is 1. The van der Waals surface area contributed by atoms with Crippen LogP contribution in [0.2, 0.25) is 0 Å². The van der Waals surface area contributed by atoms with Gasteiger partial charge in [0.05, 0.1) is 41.5 Å². The largest absolute Gasteiger partial charge is 0.423 e. The van der Waals surface area contributed by atoms with Crippen LogP contribution in [-0.2, 0) is 10.3 Å². The zero-order chi connectivity index (χ0) is 26.9. The van der Waals surface area contributed by atoms with Gasteiger partial charge in [-0.3, -0.25) is 5.32 Å². The van der Waals surface area contributed by atoms with Crippen molar-refractivity contribution in [3.63, 3.8) is 0 Å². The number of benzene rings is 1. The van der Waals surface area contributed by atoms with Crippen molar-refractivity contribution < 1.29 is 13.5 Å². The molecule has 2 aliphatic heterocycles. The molecule has 7 rings (SSSR count). The highest BCUT2D eigenvalue weighted by molar-refractivity contribution is 5.63. The number of piperidine rings is 1. The lowest BCUT2D eigenvalue weighted by Gasteiger charge is -2.56. The zero-order valence-electron chi connectivity index (χ0n) is 22.5. The molecule has 39 heavy (non-hydrogen) atoms. The Labute approximate surface area is 226 Å². The number of nitrogens with one attached hydrogen (secondary N) is 2. The van der Waals surface area contributed by atoms with Crippen molar-refractivity contribution in [1.29, 1.82) is 0 Å². The van der Waals surface area contributed by atoms with Gasteiger partial charge in [-0.1, -0.05) is 18.2 Å². The summed E-state index contributed by atoms with van der Waals surface area (Å²) >= 11 is 0. The third kappa shape index (κ3) is 3.65. The van der Waals surface area contributed by atoms with E-state index >= 15 is 0 Å². The number of aromatic amines is 1. The molecule has 4 aromatic rings. The van der Waals surface area contributed by atoms with E-state index in [-0.39, 0.29) is 35.8 Å². The second-order valence-corrected chi connectivity index (χ2v) is 11.1. The molecule has 4 atom stereocenters. The van der Waals surface area contributed by atoms with E-state index in [0.717, 1.165) is 30.8 Å². The van der Waals surface area contributed by atoms with E-state index in [9.17, 15) is 4.39 Å². The summed E-state index contributed by atoms with van der Waals surface area (Å²) in [5, 5.41) is 12.9. The van der Waals surface area contributed by atoms with Gasteiger partial charge >= 0.3 is 0 Å². The van der Waals surface area contributed by atoms with Crippen molar-refractivity contribution >= 4 is 5.69 Å². The zero-order valence-corrected chi connectivity index (χ0v) is 22.5. The number of hydrogen-bond donors (Lipinski definition) is 2. The van der Waals surface area contributed by atoms with Crippen LogP contribution in [-0.4, -0.2) is 51.5 Å². The summed E-state index contributed by atoms with van der Waals surface area (Å²) < 4.78 is 25.9. The number of rotatable bonds is 5. The Bertz CT molecular complexity index is 1530. The normalized spacial score (nSPS) is 29.7. The van der Waals surface area contributed by atoms with E-state index in [2.05, 4.69) is 61.7 Å². The number of imidazole rings is 1. The minimum absolute atomic E-state index is 0.0738. The van der Waals surface area contributed by atoms with Gasteiger partial charge in [-0.15, -0.1) is 10.2 Å². The van der Waals surface area contributed by atoms with Crippen LogP contribution in [0, 0.1) is 25.6 Å². The van der Waals surface area contributed by atoms with Gasteiger partial charge in [-0.05, 0) is 55.9 Å². The molecule has 2 N–H and O–H groups in total. The molecule has 2 fully saturated rings. The van der Waals surface area contributed by atoms with E-state index in [0.29, 0.717) is 23.2 Å². The maximum absolute atomic E-state index is 13.9. The van der Waals surface area contributed by atoms with Crippen molar-refractivity contribution in [2.75, 3.05) is 19.1 Å². The second-order valence-electron chi connectivity index (χ2n) is 11.1. The number of hydrogen-bond acceptors (Lipinski definition) is 8. The fourth-order valence-electron chi connectivity index (χ4n) is 7.11. The first kappa shape index (κ1) is 24.4. The number of nitrogens with zero attached hydrogens (tertiary/aromatic N) is 5. The number of pyridine rings is 1. The van der Waals surface area contributed by atoms with Gasteiger partial charge in [0.25, 0.3) is 0 Å². The average molecular weight is 530 g/mol. The van der Waals surface area contributed by atoms with E-state index in [1.165, 1.54) is 17.3 Å². The molecule has 0 amide bonds. The number of aromatic nitrogens is 5. The van der Waals surface area contributed by atoms with Gasteiger partial charge in [-0.25, -0.2) is 14.4 Å². The van der Waals surface area contributed by atoms with Crippen LogP contribution in [0.5, 0.6) is 0 Å². The van der Waals surface area contributed by atoms with Gasteiger partial charge in [0, 0.05) is 32.7 Å². The summed E-state index contributed by atoms with van der Waals surface area (Å²) in [4.78, 5) is 15.1. The van der Waals surface area contributed by atoms with Gasteiger partial charge < -0.3 is 19.0 Å². The number of aryl methyl sites for hydroxylation is 2. The first-order valence-corrected chi connectivity index (χ1v) is 13.5. The molecule has 3 aromatic heterocycles. The fraction of sp³-hybridized carbons (Fsp3) is 0.448. The SMILES string of the molecule is COC1CC(C2(c3nnc(C)o3)N[C@@H](c3ncc(-c4ccc(F)c(C)n4)[nH]3)CC3c4ccccc4N(C)C32)C1. The van der Waals surface area contributed by atoms with E-state index in [1.807, 2.05) is 6.92 Å². The molecule has 0 radical (unpaired) electrons. The molecule has 0 bridgehead atoms. The molecule has 202 valence electrons. The molecular weight excluding hydrogens is 497 g/mol. The van der Waals surface area contributed by atoms with Crippen LogP contribution in [0.1, 0.15) is 60.1 Å². The lowest BCUT2D eigenvalue weighted by atomic mass is 9.60. The molecule has 0 spiro atoms. The molecule has 5 heterocycles. The van der Waals surface area contributed by atoms with Gasteiger partial charge in [0.1, 0.15) is 17.2 Å². The van der Waals surface area contributed by atoms with Crippen LogP contribution in [0.4, 0.5) is 10.1 Å². The predicted molar refractivity (Wildman–Crippen MR) is 143 cm³/mol. The molecule has 3 unspecified atom stereocenters. The summed E-state index contributed by atoms with van der Waals surface area (Å²) in [6, 6.07) is 11.7. The van der Waals surface area contributed by atoms with E-state index in [1.54, 1.807) is 26.3 Å². The fourth-order valence-corrected chi connectivity index (χ4v) is 7.11. The summed E-state index contributed by atoms with van der Waals surface area (Å²) in [6.45, 7) is 3.50. The lowest BCUT2D eigenvalue weighted by Crippen LogP contribution is -2.68. The Kier molecular flexibility index (Phi) is 5.61. The lowest BCUT2D eigenvalue weighted by molar-refractivity contribution is -0.0683. The minimum atomic E-state index is -0.616. The summed E-state index contributed by atoms with van der Waals surface area (Å²) in [5.41, 5.74) is 3.70. The number of ether oxygens (including phenoxy) is 1. The first-order chi connectivity index (χ1) is 18.9. The Hall–Kier alpha value is -3.63. The summed E-state index contributed by atoms with van der Waals surface area (Å²) in [7, 11) is 3.95. The van der Waals surface area contributed by atoms with Crippen LogP contribution >= 0.6 is 0 Å². The Morgan fingerprint density at radius 3 is 2.67 bits per heavy atom. The van der Waals surface area contributed by atoms with Crippen molar-refractivity contribution in [3.8, 4) is 11.4 Å². The smallest absolute Gasteiger partial charge is 0.238 e. The van der Waals surface area contributed by atoms with Crippen LogP contribution in [0.3, 0.4) is 0 Å².